The topological polar surface area (TPSA) is 109 Å². The molecule has 0 radical (unpaired) electrons. The predicted molar refractivity (Wildman–Crippen MR) is 103 cm³/mol. The minimum Gasteiger partial charge on any atom is -0.447 e. The molecule has 2 aliphatic rings. The summed E-state index contributed by atoms with van der Waals surface area (Å²) in [6.45, 7) is 3.41. The molecule has 0 unspecified atom stereocenters. The van der Waals surface area contributed by atoms with Crippen LogP contribution in [-0.4, -0.2) is 46.6 Å². The zero-order valence-corrected chi connectivity index (χ0v) is 15.7. The predicted octanol–water partition coefficient (Wildman–Crippen LogP) is 1.98. The van der Waals surface area contributed by atoms with Crippen molar-refractivity contribution >= 4 is 28.8 Å². The lowest BCUT2D eigenvalue weighted by atomic mass is 9.96. The minimum atomic E-state index is -0.401. The van der Waals surface area contributed by atoms with Crippen molar-refractivity contribution in [2.45, 2.75) is 19.9 Å². The van der Waals surface area contributed by atoms with Crippen molar-refractivity contribution in [2.75, 3.05) is 24.6 Å². The van der Waals surface area contributed by atoms with Crippen molar-refractivity contribution < 1.29 is 18.7 Å². The van der Waals surface area contributed by atoms with E-state index in [0.717, 1.165) is 16.8 Å². The molecule has 1 aromatic carbocycles. The molecular formula is C20H18N4O5. The van der Waals surface area contributed by atoms with E-state index in [2.05, 4.69) is 9.97 Å². The summed E-state index contributed by atoms with van der Waals surface area (Å²) in [6, 6.07) is 5.73. The number of fused-ring (bicyclic) bond motifs is 2. The molecule has 9 nitrogen and oxygen atoms in total. The third-order valence-corrected chi connectivity index (χ3v) is 5.46. The highest BCUT2D eigenvalue weighted by molar-refractivity contribution is 6.06. The van der Waals surface area contributed by atoms with Gasteiger partial charge in [-0.3, -0.25) is 14.5 Å². The third kappa shape index (κ3) is 2.69. The number of hydrogen-bond donors (Lipinski definition) is 1. The normalized spacial score (nSPS) is 16.2. The summed E-state index contributed by atoms with van der Waals surface area (Å²) in [5.74, 6) is 0.102. The van der Waals surface area contributed by atoms with Gasteiger partial charge in [-0.2, -0.15) is 0 Å². The minimum absolute atomic E-state index is 0.154. The Morgan fingerprint density at radius 2 is 2.10 bits per heavy atom. The average Bonchev–Trinajstić information content (AvgIpc) is 3.29. The molecule has 29 heavy (non-hydrogen) atoms. The molecule has 0 bridgehead atoms. The summed E-state index contributed by atoms with van der Waals surface area (Å²) in [7, 11) is 0. The monoisotopic (exact) mass is 394 g/mol. The van der Waals surface area contributed by atoms with Crippen LogP contribution in [0.3, 0.4) is 0 Å². The first-order valence-corrected chi connectivity index (χ1v) is 9.35. The van der Waals surface area contributed by atoms with Crippen molar-refractivity contribution in [3.05, 3.63) is 57.3 Å². The molecule has 3 aromatic rings. The molecule has 1 saturated heterocycles. The molecule has 4 heterocycles. The first-order chi connectivity index (χ1) is 14.0. The van der Waals surface area contributed by atoms with E-state index in [1.807, 2.05) is 18.2 Å². The number of rotatable bonds is 2. The van der Waals surface area contributed by atoms with Crippen LogP contribution in [0.1, 0.15) is 27.2 Å². The lowest BCUT2D eigenvalue weighted by Gasteiger charge is -2.31. The van der Waals surface area contributed by atoms with Crippen molar-refractivity contribution in [1.29, 1.82) is 0 Å². The highest BCUT2D eigenvalue weighted by Gasteiger charge is 2.31. The number of cyclic esters (lactones) is 1. The number of amides is 2. The smallest absolute Gasteiger partial charge is 0.414 e. The molecule has 1 fully saturated rings. The number of nitrogens with one attached hydrogen (secondary N) is 1. The Morgan fingerprint density at radius 1 is 1.24 bits per heavy atom. The molecule has 1 N–H and O–H groups in total. The number of carbonyl (C=O) groups is 2. The SMILES string of the molecule is Cc1oc2nc[nH]c(=O)c2c1C(=O)N1CCc2c(cccc2N2CCOC2=O)C1. The van der Waals surface area contributed by atoms with Gasteiger partial charge in [0.2, 0.25) is 5.71 Å². The van der Waals surface area contributed by atoms with E-state index in [9.17, 15) is 14.4 Å². The molecule has 0 saturated carbocycles. The Kier molecular flexibility index (Phi) is 3.90. The highest BCUT2D eigenvalue weighted by Crippen LogP contribution is 2.32. The van der Waals surface area contributed by atoms with Gasteiger partial charge in [-0.15, -0.1) is 0 Å². The number of aromatic amines is 1. The van der Waals surface area contributed by atoms with Crippen molar-refractivity contribution in [1.82, 2.24) is 14.9 Å². The van der Waals surface area contributed by atoms with Crippen LogP contribution in [0.2, 0.25) is 0 Å². The number of ether oxygens (including phenoxy) is 1. The van der Waals surface area contributed by atoms with E-state index < -0.39 is 5.56 Å². The van der Waals surface area contributed by atoms with Crippen LogP contribution in [0.4, 0.5) is 10.5 Å². The molecule has 9 heteroatoms. The zero-order chi connectivity index (χ0) is 20.1. The quantitative estimate of drug-likeness (QED) is 0.712. The second-order valence-corrected chi connectivity index (χ2v) is 7.10. The Bertz CT molecular complexity index is 1210. The van der Waals surface area contributed by atoms with Gasteiger partial charge in [-0.05, 0) is 30.5 Å². The average molecular weight is 394 g/mol. The number of hydrogen-bond acceptors (Lipinski definition) is 6. The zero-order valence-electron chi connectivity index (χ0n) is 15.7. The van der Waals surface area contributed by atoms with Gasteiger partial charge in [0.15, 0.2) is 0 Å². The maximum atomic E-state index is 13.3. The molecule has 0 spiro atoms. The molecule has 2 amide bonds. The number of anilines is 1. The number of aryl methyl sites for hydroxylation is 1. The van der Waals surface area contributed by atoms with E-state index in [1.165, 1.54) is 6.33 Å². The maximum Gasteiger partial charge on any atom is 0.414 e. The van der Waals surface area contributed by atoms with Crippen LogP contribution < -0.4 is 10.5 Å². The van der Waals surface area contributed by atoms with Crippen LogP contribution in [0, 0.1) is 6.92 Å². The first kappa shape index (κ1) is 17.5. The van der Waals surface area contributed by atoms with E-state index in [4.69, 9.17) is 9.15 Å². The summed E-state index contributed by atoms with van der Waals surface area (Å²) in [4.78, 5) is 47.3. The first-order valence-electron chi connectivity index (χ1n) is 9.35. The van der Waals surface area contributed by atoms with Crippen molar-refractivity contribution in [3.63, 3.8) is 0 Å². The number of carbonyl (C=O) groups excluding carboxylic acids is 2. The maximum absolute atomic E-state index is 13.3. The molecule has 2 aliphatic heterocycles. The van der Waals surface area contributed by atoms with Crippen LogP contribution in [0.25, 0.3) is 11.1 Å². The fraction of sp³-hybridized carbons (Fsp3) is 0.300. The highest BCUT2D eigenvalue weighted by atomic mass is 16.6. The van der Waals surface area contributed by atoms with Crippen LogP contribution in [0.5, 0.6) is 0 Å². The third-order valence-electron chi connectivity index (χ3n) is 5.46. The number of H-pyrrole nitrogens is 1. The number of furan rings is 1. The van der Waals surface area contributed by atoms with E-state index in [0.29, 0.717) is 38.4 Å². The summed E-state index contributed by atoms with van der Waals surface area (Å²) >= 11 is 0. The lowest BCUT2D eigenvalue weighted by Crippen LogP contribution is -2.37. The van der Waals surface area contributed by atoms with E-state index in [1.54, 1.807) is 16.7 Å². The van der Waals surface area contributed by atoms with Gasteiger partial charge < -0.3 is 19.0 Å². The van der Waals surface area contributed by atoms with Gasteiger partial charge in [0, 0.05) is 13.1 Å². The summed E-state index contributed by atoms with van der Waals surface area (Å²) in [5, 5.41) is 0.175. The number of aromatic nitrogens is 2. The molecule has 0 atom stereocenters. The standard InChI is InChI=1S/C20H18N4O5/c1-11-15(16-17(25)21-10-22-18(16)29-11)19(26)23-6-5-13-12(9-23)3-2-4-14(13)24-7-8-28-20(24)27/h2-4,10H,5-9H2,1H3,(H,21,22,25). The second kappa shape index (κ2) is 6.47. The van der Waals surface area contributed by atoms with Crippen LogP contribution in [0.15, 0.2) is 33.7 Å². The van der Waals surface area contributed by atoms with Crippen LogP contribution >= 0.6 is 0 Å². The second-order valence-electron chi connectivity index (χ2n) is 7.10. The number of nitrogens with zero attached hydrogens (tertiary/aromatic N) is 3. The fourth-order valence-corrected chi connectivity index (χ4v) is 4.10. The molecular weight excluding hydrogens is 376 g/mol. The van der Waals surface area contributed by atoms with Crippen LogP contribution in [-0.2, 0) is 17.7 Å². The molecule has 0 aliphatic carbocycles. The van der Waals surface area contributed by atoms with Crippen molar-refractivity contribution in [2.24, 2.45) is 0 Å². The number of benzene rings is 1. The molecule has 148 valence electrons. The Morgan fingerprint density at radius 3 is 2.90 bits per heavy atom. The Hall–Kier alpha value is -3.62. The van der Waals surface area contributed by atoms with Gasteiger partial charge in [-0.1, -0.05) is 12.1 Å². The summed E-state index contributed by atoms with van der Waals surface area (Å²) < 4.78 is 10.6. The van der Waals surface area contributed by atoms with Gasteiger partial charge in [0.25, 0.3) is 11.5 Å². The van der Waals surface area contributed by atoms with E-state index in [-0.39, 0.29) is 28.7 Å². The molecule has 2 aromatic heterocycles. The lowest BCUT2D eigenvalue weighted by molar-refractivity contribution is 0.0734. The van der Waals surface area contributed by atoms with Gasteiger partial charge in [0.05, 0.1) is 24.1 Å². The largest absolute Gasteiger partial charge is 0.447 e. The Labute approximate surface area is 164 Å². The molecule has 5 rings (SSSR count). The fourth-order valence-electron chi connectivity index (χ4n) is 4.10. The summed E-state index contributed by atoms with van der Waals surface area (Å²) in [6.07, 6.45) is 1.51. The van der Waals surface area contributed by atoms with Gasteiger partial charge in [-0.25, -0.2) is 9.78 Å². The Balaban J connectivity index is 1.49. The van der Waals surface area contributed by atoms with Gasteiger partial charge in [0.1, 0.15) is 17.8 Å². The van der Waals surface area contributed by atoms with E-state index >= 15 is 0 Å². The van der Waals surface area contributed by atoms with Crippen molar-refractivity contribution in [3.8, 4) is 0 Å². The van der Waals surface area contributed by atoms with Gasteiger partial charge >= 0.3 is 6.09 Å². The summed E-state index contributed by atoms with van der Waals surface area (Å²) in [5.41, 5.74) is 2.85.